The lowest BCUT2D eigenvalue weighted by molar-refractivity contribution is -0.0402. The molecule has 118 valence electrons. The molecule has 1 aromatic carbocycles. The first-order valence-electron chi connectivity index (χ1n) is 7.98. The van der Waals surface area contributed by atoms with Crippen molar-refractivity contribution in [3.63, 3.8) is 0 Å². The lowest BCUT2D eigenvalue weighted by Crippen LogP contribution is -2.53. The average Bonchev–Trinajstić information content (AvgIpc) is 2.55. The highest BCUT2D eigenvalue weighted by atomic mass is 19.1. The van der Waals surface area contributed by atoms with Gasteiger partial charge in [0.15, 0.2) is 0 Å². The van der Waals surface area contributed by atoms with Crippen LogP contribution in [0.4, 0.5) is 4.39 Å². The first-order chi connectivity index (χ1) is 11.3. The molecule has 3 nitrogen and oxygen atoms in total. The fraction of sp³-hybridized carbons (Fsp3) is 0.316. The maximum atomic E-state index is 13.5. The molecule has 1 aromatic heterocycles. The Morgan fingerprint density at radius 1 is 1.17 bits per heavy atom. The second kappa shape index (κ2) is 6.22. The van der Waals surface area contributed by atoms with Gasteiger partial charge in [-0.1, -0.05) is 36.4 Å². The van der Waals surface area contributed by atoms with E-state index < -0.39 is 0 Å². The molecule has 0 radical (unpaired) electrons. The first-order valence-corrected chi connectivity index (χ1v) is 7.98. The van der Waals surface area contributed by atoms with Crippen molar-refractivity contribution in [3.8, 4) is 0 Å². The van der Waals surface area contributed by atoms with Crippen LogP contribution in [0.2, 0.25) is 0 Å². The van der Waals surface area contributed by atoms with Gasteiger partial charge in [0.2, 0.25) is 0 Å². The van der Waals surface area contributed by atoms with Crippen molar-refractivity contribution >= 4 is 5.57 Å². The molecule has 2 aromatic rings. The molecule has 2 unspecified atom stereocenters. The topological polar surface area (TPSA) is 25.4 Å². The lowest BCUT2D eigenvalue weighted by Gasteiger charge is -2.44. The number of fused-ring (bicyclic) bond motifs is 2. The molecule has 2 aliphatic rings. The van der Waals surface area contributed by atoms with Crippen molar-refractivity contribution in [2.75, 3.05) is 13.2 Å². The van der Waals surface area contributed by atoms with Crippen LogP contribution < -0.4 is 0 Å². The van der Waals surface area contributed by atoms with Crippen LogP contribution in [-0.4, -0.2) is 35.2 Å². The molecule has 1 fully saturated rings. The quantitative estimate of drug-likeness (QED) is 0.870. The van der Waals surface area contributed by atoms with Crippen molar-refractivity contribution in [1.82, 2.24) is 9.88 Å². The Kier molecular flexibility index (Phi) is 3.93. The highest BCUT2D eigenvalue weighted by molar-refractivity contribution is 5.67. The van der Waals surface area contributed by atoms with E-state index in [-0.39, 0.29) is 11.9 Å². The van der Waals surface area contributed by atoms with Crippen LogP contribution >= 0.6 is 0 Å². The molecule has 0 amide bonds. The molecule has 0 N–H and O–H groups in total. The monoisotopic (exact) mass is 310 g/mol. The summed E-state index contributed by atoms with van der Waals surface area (Å²) in [4.78, 5) is 6.47. The molecule has 0 saturated carbocycles. The van der Waals surface area contributed by atoms with Gasteiger partial charge in [0.1, 0.15) is 5.82 Å². The number of hydrogen-bond acceptors (Lipinski definition) is 3. The number of morpholine rings is 1. The summed E-state index contributed by atoms with van der Waals surface area (Å²) in [5.74, 6) is -0.281. The zero-order valence-electron chi connectivity index (χ0n) is 12.9. The van der Waals surface area contributed by atoms with E-state index in [1.54, 1.807) is 12.3 Å². The predicted octanol–water partition coefficient (Wildman–Crippen LogP) is 3.28. The number of ether oxygens (including phenoxy) is 1. The van der Waals surface area contributed by atoms with Gasteiger partial charge < -0.3 is 4.74 Å². The van der Waals surface area contributed by atoms with Crippen molar-refractivity contribution in [1.29, 1.82) is 0 Å². The summed E-state index contributed by atoms with van der Waals surface area (Å²) < 4.78 is 19.2. The number of pyridine rings is 1. The van der Waals surface area contributed by atoms with Crippen molar-refractivity contribution < 1.29 is 9.13 Å². The normalized spacial score (nSPS) is 24.3. The van der Waals surface area contributed by atoms with Gasteiger partial charge in [0.05, 0.1) is 25.5 Å². The van der Waals surface area contributed by atoms with Crippen molar-refractivity contribution in [3.05, 3.63) is 71.8 Å². The van der Waals surface area contributed by atoms with Gasteiger partial charge in [-0.25, -0.2) is 4.39 Å². The van der Waals surface area contributed by atoms with E-state index in [2.05, 4.69) is 40.2 Å². The number of nitrogens with zero attached hydrogens (tertiary/aromatic N) is 2. The van der Waals surface area contributed by atoms with E-state index in [1.165, 1.54) is 17.3 Å². The maximum Gasteiger partial charge on any atom is 0.142 e. The van der Waals surface area contributed by atoms with Crippen LogP contribution in [0.3, 0.4) is 0 Å². The fourth-order valence-corrected chi connectivity index (χ4v) is 3.50. The van der Waals surface area contributed by atoms with E-state index >= 15 is 0 Å². The van der Waals surface area contributed by atoms with Gasteiger partial charge in [0.25, 0.3) is 0 Å². The number of rotatable bonds is 3. The molecule has 4 heteroatoms. The summed E-state index contributed by atoms with van der Waals surface area (Å²) >= 11 is 0. The second-order valence-electron chi connectivity index (χ2n) is 6.20. The highest BCUT2D eigenvalue weighted by Gasteiger charge is 2.34. The van der Waals surface area contributed by atoms with Crippen LogP contribution in [0.5, 0.6) is 0 Å². The number of benzene rings is 1. The summed E-state index contributed by atoms with van der Waals surface area (Å²) in [6.45, 7) is 2.34. The SMILES string of the molecule is Fc1cncc(C2=CC3COCC(C2)N3Cc2ccccc2)c1. The van der Waals surface area contributed by atoms with Gasteiger partial charge in [-0.3, -0.25) is 9.88 Å². The molecule has 4 rings (SSSR count). The summed E-state index contributed by atoms with van der Waals surface area (Å²) in [5, 5.41) is 0. The Labute approximate surface area is 135 Å². The zero-order valence-corrected chi connectivity index (χ0v) is 12.9. The largest absolute Gasteiger partial charge is 0.378 e. The molecule has 3 heterocycles. The van der Waals surface area contributed by atoms with Crippen LogP contribution in [-0.2, 0) is 11.3 Å². The Balaban J connectivity index is 1.60. The van der Waals surface area contributed by atoms with E-state index in [0.717, 1.165) is 25.1 Å². The summed E-state index contributed by atoms with van der Waals surface area (Å²) in [5.41, 5.74) is 3.38. The minimum absolute atomic E-state index is 0.237. The summed E-state index contributed by atoms with van der Waals surface area (Å²) in [7, 11) is 0. The van der Waals surface area contributed by atoms with Gasteiger partial charge >= 0.3 is 0 Å². The number of halogens is 1. The fourth-order valence-electron chi connectivity index (χ4n) is 3.50. The van der Waals surface area contributed by atoms with E-state index in [0.29, 0.717) is 12.6 Å². The Morgan fingerprint density at radius 3 is 2.83 bits per heavy atom. The van der Waals surface area contributed by atoms with E-state index in [1.807, 2.05) is 6.07 Å². The Bertz CT molecular complexity index is 716. The third-order valence-electron chi connectivity index (χ3n) is 4.63. The van der Waals surface area contributed by atoms with Gasteiger partial charge in [-0.05, 0) is 29.2 Å². The summed E-state index contributed by atoms with van der Waals surface area (Å²) in [6.07, 6.45) is 6.08. The Hall–Kier alpha value is -2.04. The van der Waals surface area contributed by atoms with Gasteiger partial charge in [0, 0.05) is 18.8 Å². The summed E-state index contributed by atoms with van der Waals surface area (Å²) in [6, 6.07) is 12.6. The third kappa shape index (κ3) is 3.05. The second-order valence-corrected chi connectivity index (χ2v) is 6.20. The van der Waals surface area contributed by atoms with Crippen LogP contribution in [0.1, 0.15) is 17.5 Å². The standard InChI is InChI=1S/C19H19FN2O/c20-17-6-16(9-21-10-17)15-7-18-12-23-13-19(8-15)22(18)11-14-4-2-1-3-5-14/h1-7,9-10,18-19H,8,11-13H2. The molecular weight excluding hydrogens is 291 g/mol. The molecule has 0 spiro atoms. The molecule has 23 heavy (non-hydrogen) atoms. The van der Waals surface area contributed by atoms with Gasteiger partial charge in [-0.2, -0.15) is 0 Å². The molecule has 1 saturated heterocycles. The van der Waals surface area contributed by atoms with E-state index in [4.69, 9.17) is 4.74 Å². The van der Waals surface area contributed by atoms with Gasteiger partial charge in [-0.15, -0.1) is 0 Å². The zero-order chi connectivity index (χ0) is 15.6. The predicted molar refractivity (Wildman–Crippen MR) is 87.2 cm³/mol. The first kappa shape index (κ1) is 14.5. The van der Waals surface area contributed by atoms with Crippen LogP contribution in [0.15, 0.2) is 54.9 Å². The number of aromatic nitrogens is 1. The minimum atomic E-state index is -0.281. The number of hydrogen-bond donors (Lipinski definition) is 0. The Morgan fingerprint density at radius 2 is 2.04 bits per heavy atom. The van der Waals surface area contributed by atoms with Crippen LogP contribution in [0, 0.1) is 5.82 Å². The third-order valence-corrected chi connectivity index (χ3v) is 4.63. The minimum Gasteiger partial charge on any atom is -0.378 e. The van der Waals surface area contributed by atoms with E-state index in [9.17, 15) is 4.39 Å². The van der Waals surface area contributed by atoms with Crippen molar-refractivity contribution in [2.24, 2.45) is 0 Å². The maximum absolute atomic E-state index is 13.5. The average molecular weight is 310 g/mol. The molecule has 0 aliphatic carbocycles. The lowest BCUT2D eigenvalue weighted by atomic mass is 9.90. The highest BCUT2D eigenvalue weighted by Crippen LogP contribution is 2.33. The molecule has 2 aliphatic heterocycles. The molecule has 2 bridgehead atoms. The molecular formula is C19H19FN2O. The molecule has 2 atom stereocenters. The smallest absolute Gasteiger partial charge is 0.142 e. The van der Waals surface area contributed by atoms with Crippen molar-refractivity contribution in [2.45, 2.75) is 25.0 Å². The van der Waals surface area contributed by atoms with Crippen LogP contribution in [0.25, 0.3) is 5.57 Å².